The summed E-state index contributed by atoms with van der Waals surface area (Å²) in [7, 11) is 0. The molecule has 0 radical (unpaired) electrons. The Hall–Kier alpha value is -2.91. The fourth-order valence-corrected chi connectivity index (χ4v) is 4.33. The number of hydrogen-bond donors (Lipinski definition) is 2. The second kappa shape index (κ2) is 8.08. The minimum atomic E-state index is -1.17. The number of morpholine rings is 1. The molecule has 0 aromatic heterocycles. The molecule has 3 heterocycles. The average molecular weight is 416 g/mol. The smallest absolute Gasteiger partial charge is 0.352 e. The molecular weight excluding hydrogens is 392 g/mol. The number of carbonyl (C=O) groups excluding carboxylic acids is 2. The van der Waals surface area contributed by atoms with E-state index < -0.39 is 18.0 Å². The highest BCUT2D eigenvalue weighted by atomic mass is 16.5. The number of carboxylic acid groups (broad SMARTS) is 1. The van der Waals surface area contributed by atoms with E-state index >= 15 is 0 Å². The van der Waals surface area contributed by atoms with E-state index in [0.29, 0.717) is 49.6 Å². The Bertz CT molecular complexity index is 887. The number of rotatable bonds is 6. The van der Waals surface area contributed by atoms with E-state index in [0.717, 1.165) is 0 Å². The zero-order valence-corrected chi connectivity index (χ0v) is 16.6. The van der Waals surface area contributed by atoms with Gasteiger partial charge in [-0.15, -0.1) is 0 Å². The molecule has 2 fully saturated rings. The van der Waals surface area contributed by atoms with Crippen molar-refractivity contribution in [3.8, 4) is 5.75 Å². The lowest BCUT2D eigenvalue weighted by Crippen LogP contribution is -2.61. The number of aliphatic carboxylic acids is 1. The molecule has 0 aliphatic carbocycles. The summed E-state index contributed by atoms with van der Waals surface area (Å²) in [5, 5.41) is 19.5. The number of benzene rings is 1. The number of aliphatic hydroxyl groups excluding tert-OH is 1. The van der Waals surface area contributed by atoms with Gasteiger partial charge in [0.2, 0.25) is 5.91 Å². The lowest BCUT2D eigenvalue weighted by atomic mass is 9.82. The fourth-order valence-electron chi connectivity index (χ4n) is 4.33. The van der Waals surface area contributed by atoms with Crippen molar-refractivity contribution in [2.45, 2.75) is 25.5 Å². The number of carboxylic acids is 1. The molecule has 1 aromatic rings. The summed E-state index contributed by atoms with van der Waals surface area (Å²) in [6.07, 6.45) is -0.452. The molecule has 30 heavy (non-hydrogen) atoms. The van der Waals surface area contributed by atoms with E-state index in [-0.39, 0.29) is 30.2 Å². The highest BCUT2D eigenvalue weighted by Crippen LogP contribution is 2.47. The van der Waals surface area contributed by atoms with Crippen molar-refractivity contribution < 1.29 is 34.1 Å². The zero-order valence-electron chi connectivity index (χ0n) is 16.6. The van der Waals surface area contributed by atoms with Gasteiger partial charge in [0.15, 0.2) is 6.61 Å². The maximum absolute atomic E-state index is 12.3. The van der Waals surface area contributed by atoms with Crippen molar-refractivity contribution in [2.24, 2.45) is 5.92 Å². The van der Waals surface area contributed by atoms with E-state index in [1.165, 1.54) is 4.90 Å². The van der Waals surface area contributed by atoms with Crippen LogP contribution in [0.15, 0.2) is 30.0 Å². The van der Waals surface area contributed by atoms with Crippen molar-refractivity contribution in [3.63, 3.8) is 0 Å². The summed E-state index contributed by atoms with van der Waals surface area (Å²) >= 11 is 0. The van der Waals surface area contributed by atoms with E-state index in [1.807, 2.05) is 0 Å². The van der Waals surface area contributed by atoms with Gasteiger partial charge in [0.25, 0.3) is 5.91 Å². The summed E-state index contributed by atoms with van der Waals surface area (Å²) in [4.78, 5) is 39.3. The molecule has 1 aromatic carbocycles. The predicted molar refractivity (Wildman–Crippen MR) is 104 cm³/mol. The van der Waals surface area contributed by atoms with Crippen LogP contribution in [0.5, 0.6) is 5.75 Å². The van der Waals surface area contributed by atoms with Gasteiger partial charge in [0.05, 0.1) is 31.3 Å². The number of hydrogen-bond acceptors (Lipinski definition) is 6. The SMILES string of the molecule is C[C@@H](O)[C@H]1C(=O)N2C(C(=O)O)=C(c3ccc(OCC(=O)N4CCOCC4)cc3)C[C@H]12. The second-order valence-electron chi connectivity index (χ2n) is 7.68. The van der Waals surface area contributed by atoms with E-state index in [9.17, 15) is 24.6 Å². The first-order valence-electron chi connectivity index (χ1n) is 9.95. The first-order valence-corrected chi connectivity index (χ1v) is 9.95. The molecule has 9 nitrogen and oxygen atoms in total. The van der Waals surface area contributed by atoms with Crippen LogP contribution in [-0.4, -0.2) is 82.9 Å². The molecule has 0 unspecified atom stereocenters. The number of fused-ring (bicyclic) bond motifs is 1. The number of nitrogens with zero attached hydrogens (tertiary/aromatic N) is 2. The van der Waals surface area contributed by atoms with Crippen molar-refractivity contribution in [1.29, 1.82) is 0 Å². The minimum Gasteiger partial charge on any atom is -0.484 e. The van der Waals surface area contributed by atoms with Gasteiger partial charge in [-0.3, -0.25) is 9.59 Å². The standard InChI is InChI=1S/C21H24N2O7/c1-12(24)18-16-10-15(19(21(27)28)23(16)20(18)26)13-2-4-14(5-3-13)30-11-17(25)22-6-8-29-9-7-22/h2-5,12,16,18,24H,6-11H2,1H3,(H,27,28)/t12-,16-,18-/m1/s1. The third kappa shape index (κ3) is 3.54. The molecule has 0 bridgehead atoms. The molecule has 2 amide bonds. The largest absolute Gasteiger partial charge is 0.484 e. The van der Waals surface area contributed by atoms with E-state index in [2.05, 4.69) is 0 Å². The summed E-state index contributed by atoms with van der Waals surface area (Å²) in [5.74, 6) is -1.71. The fraction of sp³-hybridized carbons (Fsp3) is 0.476. The van der Waals surface area contributed by atoms with Gasteiger partial charge in [0, 0.05) is 13.1 Å². The maximum atomic E-state index is 12.3. The Morgan fingerprint density at radius 1 is 1.23 bits per heavy atom. The topological polar surface area (TPSA) is 117 Å². The second-order valence-corrected chi connectivity index (χ2v) is 7.68. The van der Waals surface area contributed by atoms with Crippen molar-refractivity contribution in [1.82, 2.24) is 9.80 Å². The van der Waals surface area contributed by atoms with Crippen LogP contribution in [0.1, 0.15) is 18.9 Å². The number of ether oxygens (including phenoxy) is 2. The summed E-state index contributed by atoms with van der Waals surface area (Å²) in [6.45, 7) is 3.62. The van der Waals surface area contributed by atoms with Crippen LogP contribution in [0.4, 0.5) is 0 Å². The molecule has 4 rings (SSSR count). The predicted octanol–water partition coefficient (Wildman–Crippen LogP) is 0.331. The molecule has 3 atom stereocenters. The molecule has 2 saturated heterocycles. The van der Waals surface area contributed by atoms with Crippen LogP contribution < -0.4 is 4.74 Å². The number of β-lactam (4-membered cyclic amide) rings is 1. The quantitative estimate of drug-likeness (QED) is 0.642. The zero-order chi connectivity index (χ0) is 21.4. The first-order chi connectivity index (χ1) is 14.4. The molecule has 9 heteroatoms. The van der Waals surface area contributed by atoms with Crippen LogP contribution in [0, 0.1) is 5.92 Å². The number of aliphatic hydroxyl groups is 1. The van der Waals surface area contributed by atoms with Gasteiger partial charge in [0.1, 0.15) is 11.4 Å². The van der Waals surface area contributed by atoms with Crippen molar-refractivity contribution in [2.75, 3.05) is 32.9 Å². The highest BCUT2D eigenvalue weighted by molar-refractivity contribution is 6.06. The van der Waals surface area contributed by atoms with Crippen LogP contribution in [0.3, 0.4) is 0 Å². The van der Waals surface area contributed by atoms with E-state index in [1.54, 1.807) is 36.1 Å². The lowest BCUT2D eigenvalue weighted by molar-refractivity contribution is -0.161. The summed E-state index contributed by atoms with van der Waals surface area (Å²) in [6, 6.07) is 6.47. The Balaban J connectivity index is 1.45. The normalized spacial score (nSPS) is 24.4. The third-order valence-corrected chi connectivity index (χ3v) is 5.86. The molecule has 3 aliphatic rings. The van der Waals surface area contributed by atoms with Crippen molar-refractivity contribution >= 4 is 23.4 Å². The molecule has 3 aliphatic heterocycles. The number of amides is 2. The lowest BCUT2D eigenvalue weighted by Gasteiger charge is -2.44. The number of carbonyl (C=O) groups is 3. The Morgan fingerprint density at radius 3 is 2.50 bits per heavy atom. The Morgan fingerprint density at radius 2 is 1.90 bits per heavy atom. The van der Waals surface area contributed by atoms with Crippen LogP contribution >= 0.6 is 0 Å². The average Bonchev–Trinajstić information content (AvgIpc) is 3.08. The van der Waals surface area contributed by atoms with Crippen LogP contribution in [0.25, 0.3) is 5.57 Å². The Labute approximate surface area is 173 Å². The first kappa shape index (κ1) is 20.4. The van der Waals surface area contributed by atoms with Gasteiger partial charge < -0.3 is 29.5 Å². The molecule has 0 spiro atoms. The monoisotopic (exact) mass is 416 g/mol. The van der Waals surface area contributed by atoms with Gasteiger partial charge in [-0.05, 0) is 36.6 Å². The molecule has 160 valence electrons. The van der Waals surface area contributed by atoms with Gasteiger partial charge >= 0.3 is 5.97 Å². The van der Waals surface area contributed by atoms with E-state index in [4.69, 9.17) is 9.47 Å². The summed E-state index contributed by atoms with van der Waals surface area (Å²) < 4.78 is 10.8. The van der Waals surface area contributed by atoms with Gasteiger partial charge in [-0.1, -0.05) is 12.1 Å². The highest BCUT2D eigenvalue weighted by Gasteiger charge is 2.56. The van der Waals surface area contributed by atoms with Crippen molar-refractivity contribution in [3.05, 3.63) is 35.5 Å². The molecule has 2 N–H and O–H groups in total. The van der Waals surface area contributed by atoms with Gasteiger partial charge in [-0.25, -0.2) is 4.79 Å². The van der Waals surface area contributed by atoms with Crippen LogP contribution in [-0.2, 0) is 19.1 Å². The van der Waals surface area contributed by atoms with Crippen LogP contribution in [0.2, 0.25) is 0 Å². The Kier molecular flexibility index (Phi) is 5.48. The maximum Gasteiger partial charge on any atom is 0.352 e. The summed E-state index contributed by atoms with van der Waals surface area (Å²) in [5.41, 5.74) is 1.20. The third-order valence-electron chi connectivity index (χ3n) is 5.86. The minimum absolute atomic E-state index is 0.0296. The molecular formula is C21H24N2O7. The van der Waals surface area contributed by atoms with Gasteiger partial charge in [-0.2, -0.15) is 0 Å². The molecule has 0 saturated carbocycles.